The lowest BCUT2D eigenvalue weighted by Gasteiger charge is -2.06. The van der Waals surface area contributed by atoms with E-state index in [-0.39, 0.29) is 5.91 Å². The van der Waals surface area contributed by atoms with Crippen LogP contribution >= 0.6 is 11.3 Å². The molecule has 0 unspecified atom stereocenters. The first kappa shape index (κ1) is 22.2. The van der Waals surface area contributed by atoms with Crippen molar-refractivity contribution in [2.75, 3.05) is 17.9 Å². The van der Waals surface area contributed by atoms with E-state index in [0.29, 0.717) is 22.2 Å². The third-order valence-electron chi connectivity index (χ3n) is 4.92. The number of thiazole rings is 1. The number of amides is 1. The number of hydrogen-bond donors (Lipinski definition) is 2. The highest BCUT2D eigenvalue weighted by molar-refractivity contribution is 7.20. The SMILES string of the molecule is COc1ccccc1C=NNc1nc(-c2ccc(C)cc2)c(NC(=O)Cc2ccccc2)s1. The van der Waals surface area contributed by atoms with Gasteiger partial charge in [0.25, 0.3) is 0 Å². The molecule has 0 aliphatic carbocycles. The number of hydrogen-bond acceptors (Lipinski definition) is 6. The number of ether oxygens (including phenoxy) is 1. The summed E-state index contributed by atoms with van der Waals surface area (Å²) in [5.74, 6) is 0.638. The number of nitrogens with one attached hydrogen (secondary N) is 2. The Bertz CT molecular complexity index is 1250. The fraction of sp³-hybridized carbons (Fsp3) is 0.115. The number of para-hydroxylation sites is 1. The van der Waals surface area contributed by atoms with E-state index >= 15 is 0 Å². The van der Waals surface area contributed by atoms with Crippen LogP contribution in [0.2, 0.25) is 0 Å². The summed E-state index contributed by atoms with van der Waals surface area (Å²) in [5, 5.41) is 8.59. The fourth-order valence-corrected chi connectivity index (χ4v) is 4.10. The zero-order valence-corrected chi connectivity index (χ0v) is 19.2. The summed E-state index contributed by atoms with van der Waals surface area (Å²) < 4.78 is 5.35. The van der Waals surface area contributed by atoms with Crippen molar-refractivity contribution in [3.8, 4) is 17.0 Å². The molecule has 0 aliphatic heterocycles. The van der Waals surface area contributed by atoms with Crippen molar-refractivity contribution in [3.05, 3.63) is 95.6 Å². The lowest BCUT2D eigenvalue weighted by molar-refractivity contribution is -0.115. The molecule has 0 aliphatic rings. The van der Waals surface area contributed by atoms with Gasteiger partial charge in [0.15, 0.2) is 0 Å². The van der Waals surface area contributed by atoms with Crippen LogP contribution in [0.4, 0.5) is 10.1 Å². The van der Waals surface area contributed by atoms with Crippen LogP contribution in [0.5, 0.6) is 5.75 Å². The van der Waals surface area contributed by atoms with Crippen molar-refractivity contribution in [1.82, 2.24) is 4.98 Å². The molecule has 4 aromatic rings. The number of nitrogens with zero attached hydrogens (tertiary/aromatic N) is 2. The minimum absolute atomic E-state index is 0.0951. The number of aromatic nitrogens is 1. The molecule has 0 saturated heterocycles. The van der Waals surface area contributed by atoms with Gasteiger partial charge in [-0.3, -0.25) is 10.2 Å². The Morgan fingerprint density at radius 1 is 1.03 bits per heavy atom. The van der Waals surface area contributed by atoms with Gasteiger partial charge in [-0.25, -0.2) is 4.98 Å². The van der Waals surface area contributed by atoms with Crippen molar-refractivity contribution in [3.63, 3.8) is 0 Å². The Labute approximate surface area is 197 Å². The Balaban J connectivity index is 1.56. The molecule has 1 aromatic heterocycles. The second kappa shape index (κ2) is 10.6. The molecule has 0 saturated carbocycles. The quantitative estimate of drug-likeness (QED) is 0.261. The molecule has 6 nitrogen and oxygen atoms in total. The maximum atomic E-state index is 12.7. The molecular weight excluding hydrogens is 432 g/mol. The van der Waals surface area contributed by atoms with Gasteiger partial charge in [0.1, 0.15) is 16.4 Å². The standard InChI is InChI=1S/C26H24N4O2S/c1-18-12-14-20(15-13-18)24-25(28-23(31)16-19-8-4-3-5-9-19)33-26(29-24)30-27-17-21-10-6-7-11-22(21)32-2/h3-15,17H,16H2,1-2H3,(H,28,31)(H,29,30). The molecule has 166 valence electrons. The number of hydrazone groups is 1. The van der Waals surface area contributed by atoms with Crippen molar-refractivity contribution in [2.24, 2.45) is 5.10 Å². The molecule has 4 rings (SSSR count). The first-order chi connectivity index (χ1) is 16.1. The van der Waals surface area contributed by atoms with Crippen LogP contribution in [0.1, 0.15) is 16.7 Å². The molecule has 33 heavy (non-hydrogen) atoms. The summed E-state index contributed by atoms with van der Waals surface area (Å²) in [6.07, 6.45) is 1.97. The predicted octanol–water partition coefficient (Wildman–Crippen LogP) is 5.75. The number of carbonyl (C=O) groups is 1. The molecule has 1 heterocycles. The summed E-state index contributed by atoms with van der Waals surface area (Å²) >= 11 is 1.34. The Kier molecular flexibility index (Phi) is 7.12. The number of benzene rings is 3. The number of carbonyl (C=O) groups excluding carboxylic acids is 1. The van der Waals surface area contributed by atoms with E-state index in [1.165, 1.54) is 11.3 Å². The number of aryl methyl sites for hydroxylation is 1. The van der Waals surface area contributed by atoms with Gasteiger partial charge < -0.3 is 10.1 Å². The maximum Gasteiger partial charge on any atom is 0.229 e. The van der Waals surface area contributed by atoms with Crippen molar-refractivity contribution >= 4 is 33.6 Å². The third-order valence-corrected chi connectivity index (χ3v) is 5.79. The van der Waals surface area contributed by atoms with E-state index in [1.807, 2.05) is 85.8 Å². The van der Waals surface area contributed by atoms with Crippen LogP contribution in [0.3, 0.4) is 0 Å². The van der Waals surface area contributed by atoms with E-state index in [0.717, 1.165) is 28.0 Å². The smallest absolute Gasteiger partial charge is 0.229 e. The average Bonchev–Trinajstić information content (AvgIpc) is 3.22. The normalized spacial score (nSPS) is 10.8. The van der Waals surface area contributed by atoms with E-state index in [9.17, 15) is 4.79 Å². The minimum atomic E-state index is -0.0951. The summed E-state index contributed by atoms with van der Waals surface area (Å²) in [4.78, 5) is 17.4. The highest BCUT2D eigenvalue weighted by atomic mass is 32.1. The van der Waals surface area contributed by atoms with E-state index in [4.69, 9.17) is 9.72 Å². The Hall–Kier alpha value is -3.97. The molecule has 7 heteroatoms. The fourth-order valence-electron chi connectivity index (χ4n) is 3.24. The minimum Gasteiger partial charge on any atom is -0.496 e. The summed E-state index contributed by atoms with van der Waals surface area (Å²) in [7, 11) is 1.62. The lowest BCUT2D eigenvalue weighted by atomic mass is 10.1. The molecule has 0 fully saturated rings. The van der Waals surface area contributed by atoms with Gasteiger partial charge in [0.2, 0.25) is 11.0 Å². The second-order valence-corrected chi connectivity index (χ2v) is 8.38. The van der Waals surface area contributed by atoms with Gasteiger partial charge in [-0.2, -0.15) is 5.10 Å². The molecule has 2 N–H and O–H groups in total. The van der Waals surface area contributed by atoms with Crippen LogP contribution in [-0.2, 0) is 11.2 Å². The van der Waals surface area contributed by atoms with Crippen LogP contribution in [0, 0.1) is 6.92 Å². The van der Waals surface area contributed by atoms with E-state index < -0.39 is 0 Å². The first-order valence-electron chi connectivity index (χ1n) is 10.5. The topological polar surface area (TPSA) is 75.6 Å². The monoisotopic (exact) mass is 456 g/mol. The summed E-state index contributed by atoms with van der Waals surface area (Å²) in [5.41, 5.74) is 7.57. The van der Waals surface area contributed by atoms with Crippen LogP contribution in [0.15, 0.2) is 84.0 Å². The van der Waals surface area contributed by atoms with Gasteiger partial charge in [-0.05, 0) is 24.6 Å². The van der Waals surface area contributed by atoms with Crippen molar-refractivity contribution < 1.29 is 9.53 Å². The van der Waals surface area contributed by atoms with Crippen LogP contribution in [0.25, 0.3) is 11.3 Å². The number of rotatable bonds is 8. The molecule has 3 aromatic carbocycles. The number of anilines is 2. The second-order valence-electron chi connectivity index (χ2n) is 7.39. The lowest BCUT2D eigenvalue weighted by Crippen LogP contribution is -2.14. The first-order valence-corrected chi connectivity index (χ1v) is 11.3. The average molecular weight is 457 g/mol. The van der Waals surface area contributed by atoms with Gasteiger partial charge in [0, 0.05) is 11.1 Å². The molecule has 0 spiro atoms. The van der Waals surface area contributed by atoms with E-state index in [2.05, 4.69) is 15.8 Å². The highest BCUT2D eigenvalue weighted by Crippen LogP contribution is 2.36. The zero-order chi connectivity index (χ0) is 23.0. The van der Waals surface area contributed by atoms with E-state index in [1.54, 1.807) is 13.3 Å². The Morgan fingerprint density at radius 3 is 2.52 bits per heavy atom. The predicted molar refractivity (Wildman–Crippen MR) is 135 cm³/mol. The zero-order valence-electron chi connectivity index (χ0n) is 18.4. The molecule has 1 amide bonds. The molecular formula is C26H24N4O2S. The van der Waals surface area contributed by atoms with Crippen LogP contribution < -0.4 is 15.5 Å². The Morgan fingerprint density at radius 2 is 1.76 bits per heavy atom. The molecule has 0 atom stereocenters. The summed E-state index contributed by atoms with van der Waals surface area (Å²) in [6, 6.07) is 25.3. The van der Waals surface area contributed by atoms with Crippen molar-refractivity contribution in [2.45, 2.75) is 13.3 Å². The van der Waals surface area contributed by atoms with Gasteiger partial charge in [-0.1, -0.05) is 83.6 Å². The van der Waals surface area contributed by atoms with Gasteiger partial charge in [0.05, 0.1) is 19.7 Å². The largest absolute Gasteiger partial charge is 0.496 e. The third kappa shape index (κ3) is 5.84. The highest BCUT2D eigenvalue weighted by Gasteiger charge is 2.16. The van der Waals surface area contributed by atoms with Gasteiger partial charge in [-0.15, -0.1) is 0 Å². The molecule has 0 bridgehead atoms. The van der Waals surface area contributed by atoms with Crippen molar-refractivity contribution in [1.29, 1.82) is 0 Å². The maximum absolute atomic E-state index is 12.7. The number of methoxy groups -OCH3 is 1. The molecule has 0 radical (unpaired) electrons. The van der Waals surface area contributed by atoms with Gasteiger partial charge >= 0.3 is 0 Å². The summed E-state index contributed by atoms with van der Waals surface area (Å²) in [6.45, 7) is 2.03. The van der Waals surface area contributed by atoms with Crippen LogP contribution in [-0.4, -0.2) is 24.2 Å².